The monoisotopic (exact) mass is 337 g/mol. The third-order valence-corrected chi connectivity index (χ3v) is 4.78. The lowest BCUT2D eigenvalue weighted by atomic mass is 9.81. The highest BCUT2D eigenvalue weighted by atomic mass is 16.2. The highest BCUT2D eigenvalue weighted by Gasteiger charge is 2.36. The third-order valence-electron chi connectivity index (χ3n) is 4.78. The second-order valence-electron chi connectivity index (χ2n) is 7.17. The van der Waals surface area contributed by atoms with Gasteiger partial charge in [-0.2, -0.15) is 0 Å². The number of carbonyl (C=O) groups excluding carboxylic acids is 2. The van der Waals surface area contributed by atoms with Crippen molar-refractivity contribution >= 4 is 18.0 Å². The standard InChI is InChI=1S/C20H23N3O2/c1-13-5-7-14(8-6-13)19(25)23-11-16(18(24)21-4)15-9-22-10-17(15)20(2,3)12-23/h5-9,11H,10,12H2,1-4H3,(H,21,24). The molecule has 1 N–H and O–H groups in total. The van der Waals surface area contributed by atoms with E-state index in [1.165, 1.54) is 0 Å². The second kappa shape index (κ2) is 6.31. The molecule has 0 aliphatic carbocycles. The van der Waals surface area contributed by atoms with Crippen molar-refractivity contribution in [1.82, 2.24) is 10.2 Å². The predicted octanol–water partition coefficient (Wildman–Crippen LogP) is 2.49. The predicted molar refractivity (Wildman–Crippen MR) is 98.5 cm³/mol. The summed E-state index contributed by atoms with van der Waals surface area (Å²) in [5.41, 5.74) is 3.88. The van der Waals surface area contributed by atoms with Crippen LogP contribution in [0.1, 0.15) is 29.8 Å². The van der Waals surface area contributed by atoms with Crippen LogP contribution in [-0.2, 0) is 4.79 Å². The molecule has 2 aliphatic heterocycles. The van der Waals surface area contributed by atoms with E-state index in [0.29, 0.717) is 24.2 Å². The van der Waals surface area contributed by atoms with Crippen molar-refractivity contribution in [3.63, 3.8) is 0 Å². The molecule has 0 saturated carbocycles. The Bertz CT molecular complexity index is 814. The molecule has 2 heterocycles. The van der Waals surface area contributed by atoms with E-state index < -0.39 is 0 Å². The van der Waals surface area contributed by atoms with Gasteiger partial charge in [0.15, 0.2) is 0 Å². The number of carbonyl (C=O) groups is 2. The summed E-state index contributed by atoms with van der Waals surface area (Å²) in [6.07, 6.45) is 3.42. The lowest BCUT2D eigenvalue weighted by Gasteiger charge is -2.30. The molecular weight excluding hydrogens is 314 g/mol. The van der Waals surface area contributed by atoms with Crippen molar-refractivity contribution in [1.29, 1.82) is 0 Å². The molecular formula is C20H23N3O2. The van der Waals surface area contributed by atoms with E-state index in [1.54, 1.807) is 24.4 Å². The normalized spacial score (nSPS) is 18.6. The fraction of sp³-hybridized carbons (Fsp3) is 0.350. The van der Waals surface area contributed by atoms with Gasteiger partial charge in [0.05, 0.1) is 12.1 Å². The molecule has 1 aromatic carbocycles. The lowest BCUT2D eigenvalue weighted by molar-refractivity contribution is -0.116. The van der Waals surface area contributed by atoms with Crippen molar-refractivity contribution in [3.8, 4) is 0 Å². The van der Waals surface area contributed by atoms with Gasteiger partial charge in [0.2, 0.25) is 0 Å². The van der Waals surface area contributed by atoms with E-state index in [4.69, 9.17) is 0 Å². The largest absolute Gasteiger partial charge is 0.355 e. The van der Waals surface area contributed by atoms with Crippen molar-refractivity contribution in [3.05, 3.63) is 58.3 Å². The van der Waals surface area contributed by atoms with Crippen LogP contribution in [0.3, 0.4) is 0 Å². The number of likely N-dealkylation sites (N-methyl/N-ethyl adjacent to an activating group) is 1. The van der Waals surface area contributed by atoms with Gasteiger partial charge in [0, 0.05) is 42.6 Å². The van der Waals surface area contributed by atoms with Gasteiger partial charge >= 0.3 is 0 Å². The number of nitrogens with one attached hydrogen (secondary N) is 1. The van der Waals surface area contributed by atoms with Crippen molar-refractivity contribution in [2.45, 2.75) is 20.8 Å². The first kappa shape index (κ1) is 17.1. The fourth-order valence-electron chi connectivity index (χ4n) is 3.30. The SMILES string of the molecule is CNC(=O)C1=CN(C(=O)c2ccc(C)cc2)CC(C)(C)C2=C1C=NC2. The quantitative estimate of drug-likeness (QED) is 0.901. The highest BCUT2D eigenvalue weighted by Crippen LogP contribution is 2.37. The molecule has 0 fully saturated rings. The molecule has 0 spiro atoms. The van der Waals surface area contributed by atoms with E-state index in [9.17, 15) is 9.59 Å². The Morgan fingerprint density at radius 1 is 1.20 bits per heavy atom. The first-order valence-corrected chi connectivity index (χ1v) is 8.39. The summed E-state index contributed by atoms with van der Waals surface area (Å²) in [7, 11) is 1.59. The number of hydrogen-bond acceptors (Lipinski definition) is 3. The first-order chi connectivity index (χ1) is 11.8. The Hall–Kier alpha value is -2.69. The van der Waals surface area contributed by atoms with Gasteiger partial charge in [-0.25, -0.2) is 0 Å². The number of hydrogen-bond donors (Lipinski definition) is 1. The molecule has 0 saturated heterocycles. The van der Waals surface area contributed by atoms with Crippen LogP contribution in [0.15, 0.2) is 52.2 Å². The van der Waals surface area contributed by atoms with Gasteiger partial charge in [0.25, 0.3) is 11.8 Å². The molecule has 5 nitrogen and oxygen atoms in total. The molecule has 130 valence electrons. The summed E-state index contributed by atoms with van der Waals surface area (Å²) in [5.74, 6) is -0.312. The van der Waals surface area contributed by atoms with E-state index in [-0.39, 0.29) is 17.2 Å². The number of aryl methyl sites for hydroxylation is 1. The summed E-state index contributed by atoms with van der Waals surface area (Å²) in [6.45, 7) is 7.24. The maximum absolute atomic E-state index is 13.0. The van der Waals surface area contributed by atoms with Crippen molar-refractivity contribution in [2.75, 3.05) is 20.1 Å². The Kier molecular flexibility index (Phi) is 4.33. The number of nitrogens with zero attached hydrogens (tertiary/aromatic N) is 2. The maximum Gasteiger partial charge on any atom is 0.257 e. The zero-order valence-electron chi connectivity index (χ0n) is 15.1. The maximum atomic E-state index is 13.0. The summed E-state index contributed by atoms with van der Waals surface area (Å²) >= 11 is 0. The summed E-state index contributed by atoms with van der Waals surface area (Å²) in [5, 5.41) is 2.67. The Balaban J connectivity index is 2.05. The number of rotatable bonds is 2. The number of amides is 2. The van der Waals surface area contributed by atoms with Crippen LogP contribution in [-0.4, -0.2) is 43.1 Å². The van der Waals surface area contributed by atoms with Gasteiger partial charge in [-0.3, -0.25) is 14.6 Å². The molecule has 25 heavy (non-hydrogen) atoms. The molecule has 0 atom stereocenters. The summed E-state index contributed by atoms with van der Waals surface area (Å²) < 4.78 is 0. The number of benzene rings is 1. The molecule has 5 heteroatoms. The zero-order valence-corrected chi connectivity index (χ0v) is 15.1. The Morgan fingerprint density at radius 3 is 2.52 bits per heavy atom. The average molecular weight is 337 g/mol. The van der Waals surface area contributed by atoms with Gasteiger partial charge in [-0.15, -0.1) is 0 Å². The molecule has 0 aromatic heterocycles. The molecule has 2 amide bonds. The van der Waals surface area contributed by atoms with Crippen LogP contribution in [0.2, 0.25) is 0 Å². The second-order valence-corrected chi connectivity index (χ2v) is 7.17. The minimum Gasteiger partial charge on any atom is -0.355 e. The lowest BCUT2D eigenvalue weighted by Crippen LogP contribution is -2.36. The van der Waals surface area contributed by atoms with E-state index in [1.807, 2.05) is 31.2 Å². The molecule has 3 rings (SSSR count). The zero-order chi connectivity index (χ0) is 18.2. The number of aliphatic imine (C=N–C) groups is 1. The fourth-order valence-corrected chi connectivity index (χ4v) is 3.30. The van der Waals surface area contributed by atoms with Crippen LogP contribution < -0.4 is 5.32 Å². The van der Waals surface area contributed by atoms with E-state index in [2.05, 4.69) is 24.2 Å². The molecule has 2 aliphatic rings. The topological polar surface area (TPSA) is 61.8 Å². The summed E-state index contributed by atoms with van der Waals surface area (Å²) in [4.78, 5) is 31.4. The van der Waals surface area contributed by atoms with Crippen LogP contribution in [0.4, 0.5) is 0 Å². The van der Waals surface area contributed by atoms with Crippen LogP contribution in [0.25, 0.3) is 0 Å². The van der Waals surface area contributed by atoms with Crippen LogP contribution in [0.5, 0.6) is 0 Å². The smallest absolute Gasteiger partial charge is 0.257 e. The van der Waals surface area contributed by atoms with Crippen LogP contribution in [0, 0.1) is 12.3 Å². The Labute approximate surface area is 148 Å². The molecule has 0 bridgehead atoms. The summed E-state index contributed by atoms with van der Waals surface area (Å²) in [6, 6.07) is 7.49. The van der Waals surface area contributed by atoms with Gasteiger partial charge in [-0.1, -0.05) is 31.5 Å². The highest BCUT2D eigenvalue weighted by molar-refractivity contribution is 6.08. The minimum atomic E-state index is -0.265. The Morgan fingerprint density at radius 2 is 1.88 bits per heavy atom. The van der Waals surface area contributed by atoms with Crippen molar-refractivity contribution in [2.24, 2.45) is 10.4 Å². The van der Waals surface area contributed by atoms with Crippen LogP contribution >= 0.6 is 0 Å². The molecule has 0 unspecified atom stereocenters. The van der Waals surface area contributed by atoms with E-state index >= 15 is 0 Å². The molecule has 0 radical (unpaired) electrons. The average Bonchev–Trinajstić information content (AvgIpc) is 3.04. The van der Waals surface area contributed by atoms with Gasteiger partial charge in [0.1, 0.15) is 0 Å². The van der Waals surface area contributed by atoms with Gasteiger partial charge < -0.3 is 10.2 Å². The van der Waals surface area contributed by atoms with E-state index in [0.717, 1.165) is 16.7 Å². The van der Waals surface area contributed by atoms with Gasteiger partial charge in [-0.05, 0) is 24.6 Å². The molecule has 1 aromatic rings. The minimum absolute atomic E-state index is 0.104. The third kappa shape index (κ3) is 3.14. The first-order valence-electron chi connectivity index (χ1n) is 8.39. The van der Waals surface area contributed by atoms with Crippen molar-refractivity contribution < 1.29 is 9.59 Å².